The van der Waals surface area contributed by atoms with Crippen LogP contribution in [0.1, 0.15) is 34.6 Å². The van der Waals surface area contributed by atoms with Gasteiger partial charge in [0.25, 0.3) is 5.91 Å². The van der Waals surface area contributed by atoms with Crippen molar-refractivity contribution in [2.45, 2.75) is 38.4 Å². The summed E-state index contributed by atoms with van der Waals surface area (Å²) >= 11 is 0. The molecule has 9 heteroatoms. The number of aromatic nitrogens is 5. The number of halogens is 1. The first-order chi connectivity index (χ1) is 15.1. The topological polar surface area (TPSA) is 97.6 Å². The van der Waals surface area contributed by atoms with Crippen molar-refractivity contribution in [3.05, 3.63) is 81.9 Å². The van der Waals surface area contributed by atoms with Crippen molar-refractivity contribution in [3.8, 4) is 0 Å². The van der Waals surface area contributed by atoms with Crippen LogP contribution in [0.4, 0.5) is 4.39 Å². The minimum absolute atomic E-state index is 0.0448. The molecule has 2 aromatic carbocycles. The van der Waals surface area contributed by atoms with Crippen molar-refractivity contribution in [2.24, 2.45) is 0 Å². The van der Waals surface area contributed by atoms with Gasteiger partial charge in [0.05, 0.1) is 18.3 Å². The van der Waals surface area contributed by atoms with E-state index in [1.54, 1.807) is 35.0 Å². The number of aromatic amines is 1. The lowest BCUT2D eigenvalue weighted by Crippen LogP contribution is -2.35. The van der Waals surface area contributed by atoms with E-state index >= 15 is 0 Å². The van der Waals surface area contributed by atoms with Crippen LogP contribution in [-0.2, 0) is 19.5 Å². The van der Waals surface area contributed by atoms with Crippen molar-refractivity contribution >= 4 is 16.8 Å². The summed E-state index contributed by atoms with van der Waals surface area (Å²) in [4.78, 5) is 25.5. The summed E-state index contributed by atoms with van der Waals surface area (Å²) in [5.74, 6) is 0.256. The van der Waals surface area contributed by atoms with E-state index in [0.717, 1.165) is 16.5 Å². The van der Waals surface area contributed by atoms with E-state index in [-0.39, 0.29) is 23.5 Å². The number of benzene rings is 2. The second-order valence-electron chi connectivity index (χ2n) is 7.80. The number of nitrogens with zero attached hydrogens (tertiary/aromatic N) is 4. The molecule has 0 fully saturated rings. The van der Waals surface area contributed by atoms with Crippen molar-refractivity contribution in [1.82, 2.24) is 29.9 Å². The molecule has 4 aromatic rings. The second kappa shape index (κ2) is 7.82. The SMILES string of the molecule is O=C(NC1CCc2nn(Cc3ccc(F)cc3)c(=O)n2CC1)c1ccc2cn[nH]c2c1. The van der Waals surface area contributed by atoms with Crippen LogP contribution < -0.4 is 11.0 Å². The number of carbonyl (C=O) groups excluding carboxylic acids is 1. The van der Waals surface area contributed by atoms with Gasteiger partial charge in [0.15, 0.2) is 0 Å². The molecule has 0 saturated heterocycles. The fraction of sp³-hybridized carbons (Fsp3) is 0.273. The van der Waals surface area contributed by atoms with E-state index in [9.17, 15) is 14.0 Å². The molecule has 1 unspecified atom stereocenters. The molecule has 31 heavy (non-hydrogen) atoms. The number of hydrogen-bond donors (Lipinski definition) is 2. The molecular formula is C22H21FN6O2. The van der Waals surface area contributed by atoms with Gasteiger partial charge < -0.3 is 5.32 Å². The van der Waals surface area contributed by atoms with Crippen LogP contribution in [-0.4, -0.2) is 36.5 Å². The van der Waals surface area contributed by atoms with Crippen molar-refractivity contribution in [1.29, 1.82) is 0 Å². The Hall–Kier alpha value is -3.75. The number of rotatable bonds is 4. The van der Waals surface area contributed by atoms with Crippen molar-refractivity contribution < 1.29 is 9.18 Å². The van der Waals surface area contributed by atoms with Crippen LogP contribution in [0.5, 0.6) is 0 Å². The molecule has 0 radical (unpaired) electrons. The maximum absolute atomic E-state index is 13.1. The van der Waals surface area contributed by atoms with Gasteiger partial charge >= 0.3 is 5.69 Å². The van der Waals surface area contributed by atoms with Crippen LogP contribution in [0.3, 0.4) is 0 Å². The third-order valence-corrected chi connectivity index (χ3v) is 5.70. The largest absolute Gasteiger partial charge is 0.349 e. The zero-order chi connectivity index (χ0) is 21.4. The minimum atomic E-state index is -0.311. The molecule has 1 amide bonds. The van der Waals surface area contributed by atoms with E-state index in [4.69, 9.17) is 0 Å². The average Bonchev–Trinajstić information content (AvgIpc) is 3.29. The van der Waals surface area contributed by atoms with E-state index in [2.05, 4.69) is 20.6 Å². The number of H-pyrrole nitrogens is 1. The van der Waals surface area contributed by atoms with Gasteiger partial charge in [-0.2, -0.15) is 10.2 Å². The minimum Gasteiger partial charge on any atom is -0.349 e. The fourth-order valence-electron chi connectivity index (χ4n) is 3.99. The molecule has 5 rings (SSSR count). The molecule has 1 atom stereocenters. The van der Waals surface area contributed by atoms with Gasteiger partial charge in [-0.3, -0.25) is 14.5 Å². The third-order valence-electron chi connectivity index (χ3n) is 5.70. The number of hydrogen-bond acceptors (Lipinski definition) is 4. The van der Waals surface area contributed by atoms with E-state index in [1.807, 2.05) is 6.07 Å². The Kier molecular flexibility index (Phi) is 4.85. The summed E-state index contributed by atoms with van der Waals surface area (Å²) in [6, 6.07) is 11.4. The zero-order valence-corrected chi connectivity index (χ0v) is 16.7. The monoisotopic (exact) mass is 420 g/mol. The highest BCUT2D eigenvalue weighted by Crippen LogP contribution is 2.16. The summed E-state index contributed by atoms with van der Waals surface area (Å²) in [6.45, 7) is 0.789. The predicted molar refractivity (Wildman–Crippen MR) is 112 cm³/mol. The fourth-order valence-corrected chi connectivity index (χ4v) is 3.99. The molecule has 0 bridgehead atoms. The maximum atomic E-state index is 13.1. The Balaban J connectivity index is 1.26. The van der Waals surface area contributed by atoms with Crippen molar-refractivity contribution in [2.75, 3.05) is 0 Å². The molecule has 3 heterocycles. The molecule has 1 aliphatic heterocycles. The van der Waals surface area contributed by atoms with Gasteiger partial charge in [-0.15, -0.1) is 0 Å². The molecule has 2 N–H and O–H groups in total. The summed E-state index contributed by atoms with van der Waals surface area (Å²) in [6.07, 6.45) is 3.65. The number of amides is 1. The highest BCUT2D eigenvalue weighted by Gasteiger charge is 2.22. The lowest BCUT2D eigenvalue weighted by molar-refractivity contribution is 0.0933. The van der Waals surface area contributed by atoms with Gasteiger partial charge in [-0.05, 0) is 42.7 Å². The molecule has 2 aromatic heterocycles. The molecule has 0 saturated carbocycles. The Bertz CT molecular complexity index is 1300. The quantitative estimate of drug-likeness (QED) is 0.529. The number of fused-ring (bicyclic) bond motifs is 2. The van der Waals surface area contributed by atoms with Crippen LogP contribution in [0.15, 0.2) is 53.5 Å². The van der Waals surface area contributed by atoms with Crippen LogP contribution >= 0.6 is 0 Å². The Morgan fingerprint density at radius 1 is 1.19 bits per heavy atom. The molecule has 158 valence electrons. The average molecular weight is 420 g/mol. The predicted octanol–water partition coefficient (Wildman–Crippen LogP) is 2.24. The molecule has 0 spiro atoms. The van der Waals surface area contributed by atoms with Gasteiger partial charge in [0.1, 0.15) is 11.6 Å². The van der Waals surface area contributed by atoms with Crippen LogP contribution in [0.25, 0.3) is 10.9 Å². The van der Waals surface area contributed by atoms with Crippen LogP contribution in [0.2, 0.25) is 0 Å². The van der Waals surface area contributed by atoms with Gasteiger partial charge in [0, 0.05) is 30.0 Å². The zero-order valence-electron chi connectivity index (χ0n) is 16.7. The highest BCUT2D eigenvalue weighted by atomic mass is 19.1. The first-order valence-electron chi connectivity index (χ1n) is 10.2. The summed E-state index contributed by atoms with van der Waals surface area (Å²) < 4.78 is 16.2. The van der Waals surface area contributed by atoms with Gasteiger partial charge in [0.2, 0.25) is 0 Å². The van der Waals surface area contributed by atoms with Gasteiger partial charge in [-0.1, -0.05) is 18.2 Å². The van der Waals surface area contributed by atoms with Crippen LogP contribution in [0, 0.1) is 5.82 Å². The molecule has 8 nitrogen and oxygen atoms in total. The normalized spacial score (nSPS) is 16.1. The van der Waals surface area contributed by atoms with E-state index < -0.39 is 0 Å². The highest BCUT2D eigenvalue weighted by molar-refractivity contribution is 5.97. The lowest BCUT2D eigenvalue weighted by Gasteiger charge is -2.16. The van der Waals surface area contributed by atoms with Gasteiger partial charge in [-0.25, -0.2) is 13.9 Å². The summed E-state index contributed by atoms with van der Waals surface area (Å²) in [7, 11) is 0. The lowest BCUT2D eigenvalue weighted by atomic mass is 10.1. The molecular weight excluding hydrogens is 399 g/mol. The second-order valence-corrected chi connectivity index (χ2v) is 7.80. The third kappa shape index (κ3) is 3.86. The summed E-state index contributed by atoms with van der Waals surface area (Å²) in [5, 5.41) is 15.4. The smallest absolute Gasteiger partial charge is 0.346 e. The number of nitrogens with one attached hydrogen (secondary N) is 2. The first kappa shape index (κ1) is 19.2. The first-order valence-corrected chi connectivity index (χ1v) is 10.2. The maximum Gasteiger partial charge on any atom is 0.346 e. The number of carbonyl (C=O) groups is 1. The Morgan fingerprint density at radius 2 is 2.03 bits per heavy atom. The Labute approximate surface area is 176 Å². The molecule has 1 aliphatic rings. The van der Waals surface area contributed by atoms with E-state index in [0.29, 0.717) is 43.7 Å². The van der Waals surface area contributed by atoms with E-state index in [1.165, 1.54) is 16.8 Å². The standard InChI is InChI=1S/C22H21FN6O2/c23-17-5-1-14(2-6-17)13-29-22(31)28-10-9-18(7-8-20(28)27-29)25-21(30)15-3-4-16-12-24-26-19(16)11-15/h1-6,11-12,18H,7-10,13H2,(H,24,26)(H,25,30). The van der Waals surface area contributed by atoms with Crippen molar-refractivity contribution in [3.63, 3.8) is 0 Å². The summed E-state index contributed by atoms with van der Waals surface area (Å²) in [5.41, 5.74) is 2.02. The Morgan fingerprint density at radius 3 is 2.87 bits per heavy atom. The number of aryl methyl sites for hydroxylation is 1. The molecule has 0 aliphatic carbocycles.